The minimum Gasteiger partial charge on any atom is -0.481 e. The molecule has 0 aromatic heterocycles. The normalized spacial score (nSPS) is 32.0. The van der Waals surface area contributed by atoms with Gasteiger partial charge in [0, 0.05) is 45.4 Å². The Kier molecular flexibility index (Phi) is 14.5. The summed E-state index contributed by atoms with van der Waals surface area (Å²) in [6.07, 6.45) is 17.7. The number of hydrogen-bond acceptors (Lipinski definition) is 5. The first-order valence-electron chi connectivity index (χ1n) is 16.9. The van der Waals surface area contributed by atoms with Gasteiger partial charge in [-0.1, -0.05) is 52.2 Å². The maximum Gasteiger partial charge on any atom is 0.303 e. The van der Waals surface area contributed by atoms with Crippen LogP contribution in [0.4, 0.5) is 0 Å². The minimum absolute atomic E-state index is 0.00325. The Morgan fingerprint density at radius 1 is 0.857 bits per heavy atom. The Morgan fingerprint density at radius 3 is 2.17 bits per heavy atom. The van der Waals surface area contributed by atoms with E-state index in [1.54, 1.807) is 14.2 Å². The van der Waals surface area contributed by atoms with Gasteiger partial charge in [0.2, 0.25) is 5.91 Å². The second-order valence-electron chi connectivity index (χ2n) is 14.2. The van der Waals surface area contributed by atoms with Crippen molar-refractivity contribution in [1.29, 1.82) is 0 Å². The van der Waals surface area contributed by atoms with E-state index in [1.807, 2.05) is 0 Å². The summed E-state index contributed by atoms with van der Waals surface area (Å²) >= 11 is 0. The molecule has 0 heterocycles. The third-order valence-electron chi connectivity index (χ3n) is 10.5. The number of allylic oxidation sites excluding steroid dienone is 2. The SMILES string of the molecule is COC1CCC([C@H](CC(=O)O)CC(=O)C(CC(=O)NC2CCC(/C=C/C3CCCCC3C)CC2)CC(C)C)CC1OC. The van der Waals surface area contributed by atoms with Crippen LogP contribution in [-0.4, -0.2) is 55.2 Å². The van der Waals surface area contributed by atoms with Crippen LogP contribution >= 0.6 is 0 Å². The number of aliphatic carboxylic acids is 1. The fourth-order valence-corrected chi connectivity index (χ4v) is 7.93. The van der Waals surface area contributed by atoms with E-state index < -0.39 is 5.97 Å². The van der Waals surface area contributed by atoms with Crippen LogP contribution in [0.5, 0.6) is 0 Å². The van der Waals surface area contributed by atoms with Crippen molar-refractivity contribution in [2.24, 2.45) is 41.4 Å². The summed E-state index contributed by atoms with van der Waals surface area (Å²) in [4.78, 5) is 38.6. The van der Waals surface area contributed by atoms with E-state index in [4.69, 9.17) is 9.47 Å². The second-order valence-corrected chi connectivity index (χ2v) is 14.2. The van der Waals surface area contributed by atoms with Gasteiger partial charge in [0.1, 0.15) is 5.78 Å². The molecule has 7 atom stereocenters. The smallest absolute Gasteiger partial charge is 0.303 e. The molecule has 0 aromatic rings. The number of amides is 1. The summed E-state index contributed by atoms with van der Waals surface area (Å²) < 4.78 is 11.2. The lowest BCUT2D eigenvalue weighted by atomic mass is 9.73. The van der Waals surface area contributed by atoms with Crippen molar-refractivity contribution in [3.63, 3.8) is 0 Å². The lowest BCUT2D eigenvalue weighted by Crippen LogP contribution is -2.40. The molecular weight excluding hydrogens is 530 g/mol. The van der Waals surface area contributed by atoms with Gasteiger partial charge in [0.05, 0.1) is 12.2 Å². The summed E-state index contributed by atoms with van der Waals surface area (Å²) in [6.45, 7) is 6.53. The summed E-state index contributed by atoms with van der Waals surface area (Å²) in [5, 5.41) is 12.9. The summed E-state index contributed by atoms with van der Waals surface area (Å²) in [6, 6.07) is 0.173. The summed E-state index contributed by atoms with van der Waals surface area (Å²) in [5.41, 5.74) is 0. The van der Waals surface area contributed by atoms with Crippen molar-refractivity contribution >= 4 is 17.7 Å². The van der Waals surface area contributed by atoms with Crippen molar-refractivity contribution < 1.29 is 29.0 Å². The van der Waals surface area contributed by atoms with Gasteiger partial charge in [0.15, 0.2) is 0 Å². The Bertz CT molecular complexity index is 879. The first kappa shape index (κ1) is 34.8. The zero-order valence-electron chi connectivity index (χ0n) is 27.0. The van der Waals surface area contributed by atoms with Gasteiger partial charge in [0.25, 0.3) is 0 Å². The molecule has 3 saturated carbocycles. The maximum absolute atomic E-state index is 13.6. The summed E-state index contributed by atoms with van der Waals surface area (Å²) in [7, 11) is 3.34. The van der Waals surface area contributed by atoms with E-state index >= 15 is 0 Å². The molecule has 7 nitrogen and oxygen atoms in total. The molecule has 0 saturated heterocycles. The molecule has 7 heteroatoms. The Balaban J connectivity index is 1.52. The van der Waals surface area contributed by atoms with Gasteiger partial charge in [-0.3, -0.25) is 14.4 Å². The molecule has 2 N–H and O–H groups in total. The fourth-order valence-electron chi connectivity index (χ4n) is 7.93. The number of nitrogens with one attached hydrogen (secondary N) is 1. The van der Waals surface area contributed by atoms with E-state index in [-0.39, 0.29) is 72.9 Å². The average Bonchev–Trinajstić information content (AvgIpc) is 2.96. The number of ether oxygens (including phenoxy) is 2. The van der Waals surface area contributed by atoms with Crippen LogP contribution in [0.25, 0.3) is 0 Å². The van der Waals surface area contributed by atoms with E-state index in [1.165, 1.54) is 25.7 Å². The van der Waals surface area contributed by atoms with Crippen molar-refractivity contribution in [3.05, 3.63) is 12.2 Å². The number of carbonyl (C=O) groups excluding carboxylic acids is 2. The van der Waals surface area contributed by atoms with Gasteiger partial charge in [-0.05, 0) is 93.3 Å². The molecule has 3 fully saturated rings. The maximum atomic E-state index is 13.6. The van der Waals surface area contributed by atoms with Crippen LogP contribution in [0.3, 0.4) is 0 Å². The highest BCUT2D eigenvalue weighted by atomic mass is 16.5. The molecule has 0 radical (unpaired) electrons. The molecule has 0 aromatic carbocycles. The largest absolute Gasteiger partial charge is 0.481 e. The number of rotatable bonds is 15. The van der Waals surface area contributed by atoms with Gasteiger partial charge in [-0.15, -0.1) is 0 Å². The third-order valence-corrected chi connectivity index (χ3v) is 10.5. The van der Waals surface area contributed by atoms with Crippen molar-refractivity contribution in [2.45, 2.75) is 135 Å². The number of carbonyl (C=O) groups is 3. The standard InChI is InChI=1S/C35H59NO6/c1-23(2)18-29(31(37)19-28(22-35(39)40)27-14-17-32(41-4)33(20-27)42-5)21-34(38)36-30-15-11-25(12-16-30)10-13-26-9-7-6-8-24(26)3/h10,13,23-30,32-33H,6-9,11-12,14-22H2,1-5H3,(H,36,38)(H,39,40)/b13-10+/t24?,25?,26?,27?,28-,29?,30?,32?,33?/m0/s1. The predicted octanol–water partition coefficient (Wildman–Crippen LogP) is 6.98. The van der Waals surface area contributed by atoms with Crippen LogP contribution < -0.4 is 5.32 Å². The number of hydrogen-bond donors (Lipinski definition) is 2. The first-order chi connectivity index (χ1) is 20.1. The zero-order valence-corrected chi connectivity index (χ0v) is 27.0. The molecule has 1 amide bonds. The number of Topliss-reactive ketones (excluding diaryl/α,β-unsaturated/α-hetero) is 1. The van der Waals surface area contributed by atoms with Crippen LogP contribution in [0, 0.1) is 41.4 Å². The van der Waals surface area contributed by atoms with Gasteiger partial charge in [-0.25, -0.2) is 0 Å². The van der Waals surface area contributed by atoms with Crippen LogP contribution in [-0.2, 0) is 23.9 Å². The average molecular weight is 590 g/mol. The molecule has 42 heavy (non-hydrogen) atoms. The molecular formula is C35H59NO6. The molecule has 3 aliphatic carbocycles. The van der Waals surface area contributed by atoms with Gasteiger partial charge >= 0.3 is 5.97 Å². The van der Waals surface area contributed by atoms with E-state index in [9.17, 15) is 19.5 Å². The fraction of sp³-hybridized carbons (Fsp3) is 0.857. The zero-order chi connectivity index (χ0) is 30.6. The molecule has 6 unspecified atom stereocenters. The molecule has 3 aliphatic rings. The highest BCUT2D eigenvalue weighted by molar-refractivity contribution is 5.87. The second kappa shape index (κ2) is 17.5. The van der Waals surface area contributed by atoms with Crippen molar-refractivity contribution in [2.75, 3.05) is 14.2 Å². The number of methoxy groups -OCH3 is 2. The predicted molar refractivity (Wildman–Crippen MR) is 166 cm³/mol. The Hall–Kier alpha value is -1.73. The van der Waals surface area contributed by atoms with Gasteiger partial charge in [-0.2, -0.15) is 0 Å². The van der Waals surface area contributed by atoms with Crippen LogP contribution in [0.2, 0.25) is 0 Å². The topological polar surface area (TPSA) is 102 Å². The highest BCUT2D eigenvalue weighted by Gasteiger charge is 2.37. The number of ketones is 1. The van der Waals surface area contributed by atoms with E-state index in [0.717, 1.165) is 50.4 Å². The third kappa shape index (κ3) is 11.1. The Morgan fingerprint density at radius 2 is 1.55 bits per heavy atom. The summed E-state index contributed by atoms with van der Waals surface area (Å²) in [5.74, 6) is 0.933. The Labute approximate surface area is 254 Å². The van der Waals surface area contributed by atoms with Crippen molar-refractivity contribution in [3.8, 4) is 0 Å². The van der Waals surface area contributed by atoms with Crippen LogP contribution in [0.15, 0.2) is 12.2 Å². The van der Waals surface area contributed by atoms with Crippen LogP contribution in [0.1, 0.15) is 117 Å². The van der Waals surface area contributed by atoms with E-state index in [0.29, 0.717) is 18.8 Å². The lowest BCUT2D eigenvalue weighted by molar-refractivity contribution is -0.140. The highest BCUT2D eigenvalue weighted by Crippen LogP contribution is 2.37. The molecule has 0 spiro atoms. The molecule has 3 rings (SSSR count). The molecule has 0 bridgehead atoms. The monoisotopic (exact) mass is 589 g/mol. The van der Waals surface area contributed by atoms with E-state index in [2.05, 4.69) is 38.2 Å². The quantitative estimate of drug-likeness (QED) is 0.200. The number of carboxylic acids is 1. The van der Waals surface area contributed by atoms with Crippen molar-refractivity contribution in [1.82, 2.24) is 5.32 Å². The lowest BCUT2D eigenvalue weighted by Gasteiger charge is -2.38. The molecule has 240 valence electrons. The first-order valence-corrected chi connectivity index (χ1v) is 16.9. The molecule has 0 aliphatic heterocycles. The number of carboxylic acid groups (broad SMARTS) is 1. The van der Waals surface area contributed by atoms with Gasteiger partial charge < -0.3 is 19.9 Å². The minimum atomic E-state index is -0.882.